The van der Waals surface area contributed by atoms with Crippen molar-refractivity contribution in [3.63, 3.8) is 0 Å². The highest BCUT2D eigenvalue weighted by atomic mass is 16.1. The minimum atomic E-state index is 0.114. The van der Waals surface area contributed by atoms with Crippen molar-refractivity contribution >= 4 is 5.91 Å². The number of aromatic nitrogens is 2. The van der Waals surface area contributed by atoms with Gasteiger partial charge in [-0.15, -0.1) is 0 Å². The molecule has 1 aromatic rings. The summed E-state index contributed by atoms with van der Waals surface area (Å²) in [7, 11) is 0. The van der Waals surface area contributed by atoms with Gasteiger partial charge < -0.3 is 10.3 Å². The third kappa shape index (κ3) is 3.11. The summed E-state index contributed by atoms with van der Waals surface area (Å²) in [5.41, 5.74) is 3.81. The number of nitrogens with one attached hydrogen (secondary N) is 2. The molecule has 0 unspecified atom stereocenters. The van der Waals surface area contributed by atoms with E-state index in [1.54, 1.807) is 6.33 Å². The first-order valence-electron chi connectivity index (χ1n) is 7.79. The van der Waals surface area contributed by atoms with E-state index in [9.17, 15) is 4.79 Å². The van der Waals surface area contributed by atoms with Crippen LogP contribution in [0, 0.1) is 5.92 Å². The first kappa shape index (κ1) is 13.4. The number of carbonyl (C=O) groups excluding carboxylic acids is 1. The summed E-state index contributed by atoms with van der Waals surface area (Å²) in [6, 6.07) is 0. The Morgan fingerprint density at radius 2 is 2.35 bits per heavy atom. The van der Waals surface area contributed by atoms with Crippen molar-refractivity contribution in [3.05, 3.63) is 29.4 Å². The fraction of sp³-hybridized carbons (Fsp3) is 0.625. The van der Waals surface area contributed by atoms with Gasteiger partial charge in [-0.2, -0.15) is 0 Å². The van der Waals surface area contributed by atoms with Gasteiger partial charge in [-0.3, -0.25) is 4.79 Å². The lowest BCUT2D eigenvalue weighted by Gasteiger charge is -2.21. The van der Waals surface area contributed by atoms with Crippen molar-refractivity contribution in [3.8, 4) is 0 Å². The van der Waals surface area contributed by atoms with Gasteiger partial charge in [0.25, 0.3) is 0 Å². The Bertz CT molecular complexity index is 504. The highest BCUT2D eigenvalue weighted by molar-refractivity contribution is 5.79. The summed E-state index contributed by atoms with van der Waals surface area (Å²) >= 11 is 0. The van der Waals surface area contributed by atoms with Gasteiger partial charge in [0.2, 0.25) is 5.91 Å². The van der Waals surface area contributed by atoms with Crippen molar-refractivity contribution < 1.29 is 4.79 Å². The van der Waals surface area contributed by atoms with Gasteiger partial charge in [0.15, 0.2) is 0 Å². The minimum absolute atomic E-state index is 0.114. The summed E-state index contributed by atoms with van der Waals surface area (Å²) in [6.45, 7) is 0.789. The van der Waals surface area contributed by atoms with Crippen LogP contribution >= 0.6 is 0 Å². The Morgan fingerprint density at radius 3 is 3.20 bits per heavy atom. The van der Waals surface area contributed by atoms with Crippen LogP contribution in [0.3, 0.4) is 0 Å². The molecule has 1 amide bonds. The molecule has 4 nitrogen and oxygen atoms in total. The minimum Gasteiger partial charge on any atom is -0.356 e. The van der Waals surface area contributed by atoms with E-state index in [1.165, 1.54) is 31.3 Å². The molecule has 0 aromatic carbocycles. The van der Waals surface area contributed by atoms with E-state index < -0.39 is 0 Å². The van der Waals surface area contributed by atoms with Crippen molar-refractivity contribution in [1.29, 1.82) is 0 Å². The lowest BCUT2D eigenvalue weighted by Crippen LogP contribution is -2.34. The Balaban J connectivity index is 1.44. The molecule has 0 aliphatic heterocycles. The maximum atomic E-state index is 12.2. The fourth-order valence-electron chi connectivity index (χ4n) is 3.25. The average molecular weight is 273 g/mol. The van der Waals surface area contributed by atoms with E-state index in [4.69, 9.17) is 0 Å². The van der Waals surface area contributed by atoms with Gasteiger partial charge in [-0.1, -0.05) is 11.6 Å². The Kier molecular flexibility index (Phi) is 4.19. The zero-order valence-corrected chi connectivity index (χ0v) is 12.0. The second kappa shape index (κ2) is 6.25. The van der Waals surface area contributed by atoms with Crippen LogP contribution in [0.4, 0.5) is 0 Å². The average Bonchev–Trinajstić information content (AvgIpc) is 2.95. The quantitative estimate of drug-likeness (QED) is 0.828. The van der Waals surface area contributed by atoms with Crippen LogP contribution in [-0.2, 0) is 17.6 Å². The largest absolute Gasteiger partial charge is 0.356 e. The molecule has 1 heterocycles. The molecule has 3 rings (SSSR count). The van der Waals surface area contributed by atoms with Gasteiger partial charge >= 0.3 is 0 Å². The van der Waals surface area contributed by atoms with Gasteiger partial charge in [0.05, 0.1) is 12.0 Å². The molecule has 108 valence electrons. The first-order valence-corrected chi connectivity index (χ1v) is 7.79. The summed E-state index contributed by atoms with van der Waals surface area (Å²) in [4.78, 5) is 19.6. The molecule has 0 radical (unpaired) electrons. The Hall–Kier alpha value is -1.58. The number of aryl methyl sites for hydroxylation is 1. The number of H-pyrrole nitrogens is 1. The molecule has 0 saturated heterocycles. The van der Waals surface area contributed by atoms with Crippen LogP contribution < -0.4 is 5.32 Å². The maximum Gasteiger partial charge on any atom is 0.223 e. The smallest absolute Gasteiger partial charge is 0.223 e. The summed E-state index contributed by atoms with van der Waals surface area (Å²) in [6.07, 6.45) is 12.8. The van der Waals surface area contributed by atoms with E-state index >= 15 is 0 Å². The molecule has 1 atom stereocenters. The highest BCUT2D eigenvalue weighted by Crippen LogP contribution is 2.23. The molecule has 0 bridgehead atoms. The van der Waals surface area contributed by atoms with Crippen molar-refractivity contribution in [1.82, 2.24) is 15.3 Å². The molecule has 0 spiro atoms. The molecule has 0 saturated carbocycles. The molecular formula is C16H23N3O. The van der Waals surface area contributed by atoms with Gasteiger partial charge in [0.1, 0.15) is 0 Å². The lowest BCUT2D eigenvalue weighted by atomic mass is 9.89. The number of carbonyl (C=O) groups is 1. The SMILES string of the molecule is O=C(NCCC1=CCCCC1)[C@H]1CCc2nc[nH]c2C1. The fourth-order valence-corrected chi connectivity index (χ4v) is 3.25. The van der Waals surface area contributed by atoms with E-state index in [0.717, 1.165) is 43.6 Å². The van der Waals surface area contributed by atoms with E-state index in [1.807, 2.05) is 0 Å². The summed E-state index contributed by atoms with van der Waals surface area (Å²) < 4.78 is 0. The molecular weight excluding hydrogens is 250 g/mol. The third-order valence-corrected chi connectivity index (χ3v) is 4.49. The zero-order chi connectivity index (χ0) is 13.8. The number of amides is 1. The predicted octanol–water partition coefficient (Wildman–Crippen LogP) is 2.52. The van der Waals surface area contributed by atoms with Crippen LogP contribution in [-0.4, -0.2) is 22.4 Å². The van der Waals surface area contributed by atoms with Crippen LogP contribution in [0.5, 0.6) is 0 Å². The standard InChI is InChI=1S/C16H23N3O/c20-16(17-9-8-12-4-2-1-3-5-12)13-6-7-14-15(10-13)19-11-18-14/h4,11,13H,1-3,5-10H2,(H,17,20)(H,18,19)/t13-/m0/s1. The first-order chi connectivity index (χ1) is 9.83. The van der Waals surface area contributed by atoms with Gasteiger partial charge in [-0.25, -0.2) is 4.98 Å². The topological polar surface area (TPSA) is 57.8 Å². The highest BCUT2D eigenvalue weighted by Gasteiger charge is 2.25. The Morgan fingerprint density at radius 1 is 1.40 bits per heavy atom. The number of imidazole rings is 1. The molecule has 2 aliphatic rings. The molecule has 4 heteroatoms. The Labute approximate surface area is 120 Å². The van der Waals surface area contributed by atoms with Crippen LogP contribution in [0.25, 0.3) is 0 Å². The molecule has 20 heavy (non-hydrogen) atoms. The number of hydrogen-bond donors (Lipinski definition) is 2. The maximum absolute atomic E-state index is 12.2. The molecule has 0 fully saturated rings. The third-order valence-electron chi connectivity index (χ3n) is 4.49. The van der Waals surface area contributed by atoms with E-state index in [0.29, 0.717) is 0 Å². The molecule has 2 N–H and O–H groups in total. The second-order valence-corrected chi connectivity index (χ2v) is 5.92. The number of rotatable bonds is 4. The van der Waals surface area contributed by atoms with Crippen molar-refractivity contribution in [2.45, 2.75) is 51.4 Å². The molecule has 1 aromatic heterocycles. The number of hydrogen-bond acceptors (Lipinski definition) is 2. The number of nitrogens with zero attached hydrogens (tertiary/aromatic N) is 1. The number of allylic oxidation sites excluding steroid dienone is 1. The van der Waals surface area contributed by atoms with Crippen molar-refractivity contribution in [2.75, 3.05) is 6.54 Å². The van der Waals surface area contributed by atoms with Crippen molar-refractivity contribution in [2.24, 2.45) is 5.92 Å². The van der Waals surface area contributed by atoms with Gasteiger partial charge in [-0.05, 0) is 44.9 Å². The van der Waals surface area contributed by atoms with E-state index in [2.05, 4.69) is 21.4 Å². The normalized spacial score (nSPS) is 22.0. The zero-order valence-electron chi connectivity index (χ0n) is 12.0. The summed E-state index contributed by atoms with van der Waals surface area (Å²) in [5.74, 6) is 0.324. The summed E-state index contributed by atoms with van der Waals surface area (Å²) in [5, 5.41) is 3.11. The van der Waals surface area contributed by atoms with Crippen LogP contribution in [0.1, 0.15) is 49.9 Å². The van der Waals surface area contributed by atoms with Crippen LogP contribution in [0.15, 0.2) is 18.0 Å². The van der Waals surface area contributed by atoms with Crippen LogP contribution in [0.2, 0.25) is 0 Å². The monoisotopic (exact) mass is 273 g/mol. The lowest BCUT2D eigenvalue weighted by molar-refractivity contribution is -0.125. The van der Waals surface area contributed by atoms with E-state index in [-0.39, 0.29) is 11.8 Å². The number of fused-ring (bicyclic) bond motifs is 1. The molecule has 2 aliphatic carbocycles. The second-order valence-electron chi connectivity index (χ2n) is 5.92. The van der Waals surface area contributed by atoms with Gasteiger partial charge in [0, 0.05) is 24.6 Å². The predicted molar refractivity (Wildman–Crippen MR) is 78.3 cm³/mol. The number of aromatic amines is 1.